The van der Waals surface area contributed by atoms with E-state index in [1.54, 1.807) is 0 Å². The number of hydrogen-bond acceptors (Lipinski definition) is 2. The van der Waals surface area contributed by atoms with Crippen LogP contribution in [0.4, 0.5) is 0 Å². The van der Waals surface area contributed by atoms with E-state index < -0.39 is 24.8 Å². The van der Waals surface area contributed by atoms with Gasteiger partial charge < -0.3 is 10.2 Å². The number of carboxylic acids is 2. The minimum absolute atomic E-state index is 0.0611. The average Bonchev–Trinajstić information content (AvgIpc) is 2.27. The lowest BCUT2D eigenvalue weighted by molar-refractivity contribution is -0.137. The molecule has 0 atom stereocenters. The fraction of sp³-hybridized carbons (Fsp3) is 0.200. The second kappa shape index (κ2) is 5.97. The molecule has 0 fully saturated rings. The van der Waals surface area contributed by atoms with E-state index in [1.807, 2.05) is 0 Å². The summed E-state index contributed by atoms with van der Waals surface area (Å²) in [6.07, 6.45) is -0.976. The topological polar surface area (TPSA) is 74.6 Å². The Labute approximate surface area is 122 Å². The van der Waals surface area contributed by atoms with Crippen molar-refractivity contribution in [2.45, 2.75) is 12.8 Å². The highest BCUT2D eigenvalue weighted by Crippen LogP contribution is 2.41. The van der Waals surface area contributed by atoms with Crippen molar-refractivity contribution in [1.29, 1.82) is 0 Å². The molecule has 98 valence electrons. The van der Waals surface area contributed by atoms with Gasteiger partial charge in [0.05, 0.1) is 32.9 Å². The summed E-state index contributed by atoms with van der Waals surface area (Å²) in [5, 5.41) is 17.2. The molecule has 0 bridgehead atoms. The highest BCUT2D eigenvalue weighted by molar-refractivity contribution is 6.52. The zero-order chi connectivity index (χ0) is 14.0. The van der Waals surface area contributed by atoms with Gasteiger partial charge in [-0.2, -0.15) is 0 Å². The molecule has 2 N–H and O–H groups in total. The molecule has 8 heteroatoms. The summed E-state index contributed by atoms with van der Waals surface area (Å²) in [7, 11) is 0. The van der Waals surface area contributed by atoms with E-state index >= 15 is 0 Å². The zero-order valence-electron chi connectivity index (χ0n) is 8.64. The van der Waals surface area contributed by atoms with Crippen LogP contribution >= 0.6 is 46.4 Å². The van der Waals surface area contributed by atoms with Crippen molar-refractivity contribution in [2.24, 2.45) is 0 Å². The maximum absolute atomic E-state index is 10.7. The fourth-order valence-electron chi connectivity index (χ4n) is 1.39. The number of carboxylic acid groups (broad SMARTS) is 2. The first-order valence-electron chi connectivity index (χ1n) is 4.53. The van der Waals surface area contributed by atoms with Crippen LogP contribution in [0, 0.1) is 0 Å². The zero-order valence-corrected chi connectivity index (χ0v) is 11.7. The highest BCUT2D eigenvalue weighted by Gasteiger charge is 2.23. The molecule has 18 heavy (non-hydrogen) atoms. The molecule has 0 unspecified atom stereocenters. The number of halogens is 4. The Morgan fingerprint density at radius 2 is 1.00 bits per heavy atom. The van der Waals surface area contributed by atoms with Crippen molar-refractivity contribution in [2.75, 3.05) is 0 Å². The Morgan fingerprint density at radius 3 is 1.22 bits per heavy atom. The summed E-state index contributed by atoms with van der Waals surface area (Å²) in [5.74, 6) is -2.36. The largest absolute Gasteiger partial charge is 0.481 e. The molecule has 0 saturated heterocycles. The summed E-state index contributed by atoms with van der Waals surface area (Å²) in [6.45, 7) is 0. The minimum Gasteiger partial charge on any atom is -0.481 e. The second-order valence-corrected chi connectivity index (χ2v) is 4.87. The Hall–Kier alpha value is -0.680. The lowest BCUT2D eigenvalue weighted by atomic mass is 10.0. The summed E-state index contributed by atoms with van der Waals surface area (Å²) in [4.78, 5) is 21.5. The number of hydrogen-bond donors (Lipinski definition) is 2. The van der Waals surface area contributed by atoms with Gasteiger partial charge in [-0.25, -0.2) is 0 Å². The van der Waals surface area contributed by atoms with Crippen molar-refractivity contribution >= 4 is 58.3 Å². The van der Waals surface area contributed by atoms with Crippen LogP contribution in [-0.2, 0) is 22.4 Å². The second-order valence-electron chi connectivity index (χ2n) is 3.35. The van der Waals surface area contributed by atoms with Gasteiger partial charge >= 0.3 is 11.9 Å². The van der Waals surface area contributed by atoms with Gasteiger partial charge in [0, 0.05) is 0 Å². The van der Waals surface area contributed by atoms with E-state index in [9.17, 15) is 9.59 Å². The van der Waals surface area contributed by atoms with Gasteiger partial charge in [0.2, 0.25) is 0 Å². The normalized spacial score (nSPS) is 10.4. The third-order valence-electron chi connectivity index (χ3n) is 2.13. The van der Waals surface area contributed by atoms with E-state index in [-0.39, 0.29) is 31.2 Å². The first-order valence-corrected chi connectivity index (χ1v) is 6.04. The van der Waals surface area contributed by atoms with Crippen molar-refractivity contribution in [3.63, 3.8) is 0 Å². The molecule has 0 amide bonds. The summed E-state index contributed by atoms with van der Waals surface area (Å²) in [5.41, 5.74) is 0.122. The van der Waals surface area contributed by atoms with Crippen LogP contribution in [0.1, 0.15) is 11.1 Å². The molecule has 1 rings (SSSR count). The van der Waals surface area contributed by atoms with Gasteiger partial charge in [0.25, 0.3) is 0 Å². The van der Waals surface area contributed by atoms with Gasteiger partial charge in [0.15, 0.2) is 0 Å². The summed E-state index contributed by atoms with van der Waals surface area (Å²) in [6, 6.07) is 0. The van der Waals surface area contributed by atoms with Crippen LogP contribution in [-0.4, -0.2) is 22.2 Å². The van der Waals surface area contributed by atoms with Crippen LogP contribution in [0.3, 0.4) is 0 Å². The van der Waals surface area contributed by atoms with Gasteiger partial charge in [-0.3, -0.25) is 9.59 Å². The smallest absolute Gasteiger partial charge is 0.307 e. The van der Waals surface area contributed by atoms with Crippen LogP contribution in [0.15, 0.2) is 0 Å². The lowest BCUT2D eigenvalue weighted by Crippen LogP contribution is -2.10. The summed E-state index contributed by atoms with van der Waals surface area (Å²) < 4.78 is 0. The molecule has 0 aliphatic heterocycles. The first kappa shape index (κ1) is 15.4. The lowest BCUT2D eigenvalue weighted by Gasteiger charge is -2.14. The van der Waals surface area contributed by atoms with Gasteiger partial charge in [0.1, 0.15) is 0 Å². The third-order valence-corrected chi connectivity index (χ3v) is 4.01. The molecule has 4 nitrogen and oxygen atoms in total. The SMILES string of the molecule is O=C(O)Cc1c(Cl)c(Cl)c(Cl)c(Cl)c1CC(=O)O. The van der Waals surface area contributed by atoms with Crippen molar-refractivity contribution in [3.05, 3.63) is 31.2 Å². The molecule has 1 aromatic carbocycles. The monoisotopic (exact) mass is 330 g/mol. The van der Waals surface area contributed by atoms with E-state index in [0.29, 0.717) is 0 Å². The Morgan fingerprint density at radius 1 is 0.722 bits per heavy atom. The molecular formula is C10H6Cl4O4. The van der Waals surface area contributed by atoms with E-state index in [4.69, 9.17) is 56.6 Å². The van der Waals surface area contributed by atoms with Gasteiger partial charge in [-0.05, 0) is 11.1 Å². The standard InChI is InChI=1S/C10H6Cl4O4/c11-7-3(1-5(15)16)4(2-6(17)18)8(12)10(14)9(7)13/h1-2H2,(H,15,16)(H,17,18). The number of benzene rings is 1. The predicted octanol–water partition coefficient (Wildman–Crippen LogP) is 3.55. The number of aliphatic carboxylic acids is 2. The average molecular weight is 332 g/mol. The molecule has 0 aliphatic carbocycles. The number of rotatable bonds is 4. The van der Waals surface area contributed by atoms with Crippen LogP contribution in [0.25, 0.3) is 0 Å². The van der Waals surface area contributed by atoms with Gasteiger partial charge in [-0.1, -0.05) is 46.4 Å². The molecule has 0 spiro atoms. The van der Waals surface area contributed by atoms with Crippen molar-refractivity contribution < 1.29 is 19.8 Å². The Kier molecular flexibility index (Phi) is 5.10. The number of carbonyl (C=O) groups is 2. The Balaban J connectivity index is 3.52. The predicted molar refractivity (Wildman–Crippen MR) is 69.2 cm³/mol. The van der Waals surface area contributed by atoms with Crippen LogP contribution in [0.2, 0.25) is 20.1 Å². The van der Waals surface area contributed by atoms with Crippen LogP contribution in [0.5, 0.6) is 0 Å². The third kappa shape index (κ3) is 3.20. The molecule has 0 heterocycles. The van der Waals surface area contributed by atoms with Crippen molar-refractivity contribution in [1.82, 2.24) is 0 Å². The quantitative estimate of drug-likeness (QED) is 0.653. The van der Waals surface area contributed by atoms with Crippen molar-refractivity contribution in [3.8, 4) is 0 Å². The van der Waals surface area contributed by atoms with E-state index in [2.05, 4.69) is 0 Å². The van der Waals surface area contributed by atoms with Gasteiger partial charge in [-0.15, -0.1) is 0 Å². The highest BCUT2D eigenvalue weighted by atomic mass is 35.5. The molecular weight excluding hydrogens is 326 g/mol. The van der Waals surface area contributed by atoms with E-state index in [1.165, 1.54) is 0 Å². The minimum atomic E-state index is -1.18. The first-order chi connectivity index (χ1) is 8.25. The molecule has 0 radical (unpaired) electrons. The maximum atomic E-state index is 10.7. The summed E-state index contributed by atoms with van der Waals surface area (Å²) >= 11 is 23.3. The van der Waals surface area contributed by atoms with Crippen LogP contribution < -0.4 is 0 Å². The van der Waals surface area contributed by atoms with E-state index in [0.717, 1.165) is 0 Å². The molecule has 1 aromatic rings. The molecule has 0 saturated carbocycles. The molecule has 0 aromatic heterocycles. The molecule has 0 aliphatic rings. The fourth-order valence-corrected chi connectivity index (χ4v) is 2.46. The Bertz CT molecular complexity index is 480. The maximum Gasteiger partial charge on any atom is 0.307 e.